The van der Waals surface area contributed by atoms with Crippen molar-refractivity contribution in [2.75, 3.05) is 28.2 Å². The predicted molar refractivity (Wildman–Crippen MR) is 115 cm³/mol. The van der Waals surface area contributed by atoms with Crippen molar-refractivity contribution in [2.24, 2.45) is 17.8 Å². The Labute approximate surface area is 180 Å². The minimum atomic E-state index is -0.935. The van der Waals surface area contributed by atoms with Crippen LogP contribution in [0.5, 0.6) is 0 Å². The second-order valence-electron chi connectivity index (χ2n) is 8.82. The van der Waals surface area contributed by atoms with Crippen LogP contribution in [0.1, 0.15) is 65.7 Å². The summed E-state index contributed by atoms with van der Waals surface area (Å²) in [4.78, 5) is 47.0. The van der Waals surface area contributed by atoms with E-state index in [1.807, 2.05) is 0 Å². The summed E-state index contributed by atoms with van der Waals surface area (Å²) >= 11 is 0. The van der Waals surface area contributed by atoms with Crippen LogP contribution in [0, 0.1) is 17.8 Å². The summed E-state index contributed by atoms with van der Waals surface area (Å²) in [5.74, 6) is 0.261. The van der Waals surface area contributed by atoms with Crippen molar-refractivity contribution >= 4 is 23.8 Å². The van der Waals surface area contributed by atoms with Crippen LogP contribution in [0.4, 0.5) is 0 Å². The van der Waals surface area contributed by atoms with E-state index in [0.717, 1.165) is 12.8 Å². The number of carbonyl (C=O) groups is 4. The fraction of sp³-hybridized carbons (Fsp3) is 0.818. The van der Waals surface area contributed by atoms with Crippen LogP contribution in [0.25, 0.3) is 0 Å². The van der Waals surface area contributed by atoms with Gasteiger partial charge >= 0.3 is 11.9 Å². The Balaban J connectivity index is 0.000000710. The molecule has 1 N–H and O–H groups in total. The molecule has 0 aromatic rings. The smallest absolute Gasteiger partial charge is 0.306 e. The first kappa shape index (κ1) is 27.9. The number of amides is 2. The van der Waals surface area contributed by atoms with Crippen LogP contribution in [0.2, 0.25) is 0 Å². The number of hydrogen-bond acceptors (Lipinski definition) is 5. The van der Waals surface area contributed by atoms with E-state index in [-0.39, 0.29) is 49.6 Å². The van der Waals surface area contributed by atoms with Crippen LogP contribution in [0.15, 0.2) is 0 Å². The van der Waals surface area contributed by atoms with E-state index >= 15 is 0 Å². The molecule has 8 heteroatoms. The SMILES string of the molecule is CC1CCC(C(C)C)C(OC(=O)CCC(=O)N(C)C)C1.CN(C)C(=O)CCC(=O)O. The number of carbonyl (C=O) groups excluding carboxylic acids is 3. The van der Waals surface area contributed by atoms with Crippen LogP contribution in [0.3, 0.4) is 0 Å². The second kappa shape index (κ2) is 14.0. The molecular weight excluding hydrogens is 388 g/mol. The summed E-state index contributed by atoms with van der Waals surface area (Å²) in [6.45, 7) is 6.60. The molecule has 0 heterocycles. The molecule has 1 aliphatic carbocycles. The van der Waals surface area contributed by atoms with Crippen molar-refractivity contribution in [3.8, 4) is 0 Å². The number of aliphatic carboxylic acids is 1. The molecule has 2 amide bonds. The van der Waals surface area contributed by atoms with Crippen molar-refractivity contribution in [2.45, 2.75) is 71.8 Å². The Morgan fingerprint density at radius 2 is 1.40 bits per heavy atom. The standard InChI is InChI=1S/C16H29NO3.C6H11NO3/c1-11(2)13-7-6-12(3)10-14(13)20-16(19)9-8-15(18)17(4)5;1-7(2)5(8)3-4-6(9)10/h11-14H,6-10H2,1-5H3;3-4H2,1-2H3,(H,9,10). The van der Waals surface area contributed by atoms with Gasteiger partial charge in [0.2, 0.25) is 11.8 Å². The molecule has 1 fully saturated rings. The number of hydrogen-bond donors (Lipinski definition) is 1. The Morgan fingerprint density at radius 3 is 1.83 bits per heavy atom. The molecule has 0 spiro atoms. The number of carboxylic acid groups (broad SMARTS) is 1. The van der Waals surface area contributed by atoms with Gasteiger partial charge in [0, 0.05) is 41.0 Å². The molecule has 0 bridgehead atoms. The van der Waals surface area contributed by atoms with Gasteiger partial charge in [-0.05, 0) is 30.6 Å². The first-order valence-corrected chi connectivity index (χ1v) is 10.7. The highest BCUT2D eigenvalue weighted by atomic mass is 16.5. The van der Waals surface area contributed by atoms with Crippen LogP contribution in [-0.2, 0) is 23.9 Å². The highest BCUT2D eigenvalue weighted by Gasteiger charge is 2.33. The van der Waals surface area contributed by atoms with Crippen molar-refractivity contribution < 1.29 is 29.0 Å². The number of ether oxygens (including phenoxy) is 1. The Kier molecular flexibility index (Phi) is 13.0. The molecule has 3 unspecified atom stereocenters. The third kappa shape index (κ3) is 11.8. The van der Waals surface area contributed by atoms with Gasteiger partial charge in [-0.3, -0.25) is 19.2 Å². The van der Waals surface area contributed by atoms with Crippen molar-refractivity contribution in [3.63, 3.8) is 0 Å². The van der Waals surface area contributed by atoms with Gasteiger partial charge in [0.1, 0.15) is 6.10 Å². The third-order valence-electron chi connectivity index (χ3n) is 5.34. The minimum Gasteiger partial charge on any atom is -0.481 e. The minimum absolute atomic E-state index is 0.0284. The van der Waals surface area contributed by atoms with Gasteiger partial charge in [0.25, 0.3) is 0 Å². The molecule has 3 atom stereocenters. The Morgan fingerprint density at radius 1 is 0.900 bits per heavy atom. The summed E-state index contributed by atoms with van der Waals surface area (Å²) in [6, 6.07) is 0. The summed E-state index contributed by atoms with van der Waals surface area (Å²) in [5.41, 5.74) is 0. The van der Waals surface area contributed by atoms with Gasteiger partial charge in [-0.15, -0.1) is 0 Å². The van der Waals surface area contributed by atoms with E-state index in [9.17, 15) is 19.2 Å². The highest BCUT2D eigenvalue weighted by molar-refractivity contribution is 5.81. The summed E-state index contributed by atoms with van der Waals surface area (Å²) in [5, 5.41) is 8.17. The number of esters is 1. The zero-order valence-corrected chi connectivity index (χ0v) is 19.6. The zero-order valence-electron chi connectivity index (χ0n) is 19.6. The second-order valence-corrected chi connectivity index (χ2v) is 8.82. The molecule has 30 heavy (non-hydrogen) atoms. The molecule has 0 saturated heterocycles. The van der Waals surface area contributed by atoms with Gasteiger partial charge < -0.3 is 19.6 Å². The van der Waals surface area contributed by atoms with E-state index in [0.29, 0.717) is 17.8 Å². The van der Waals surface area contributed by atoms with Crippen molar-refractivity contribution in [1.29, 1.82) is 0 Å². The van der Waals surface area contributed by atoms with Crippen LogP contribution >= 0.6 is 0 Å². The molecule has 1 saturated carbocycles. The fourth-order valence-corrected chi connectivity index (χ4v) is 3.35. The molecule has 0 aromatic heterocycles. The molecule has 0 aromatic carbocycles. The van der Waals surface area contributed by atoms with E-state index in [1.54, 1.807) is 28.2 Å². The van der Waals surface area contributed by atoms with E-state index in [4.69, 9.17) is 9.84 Å². The highest BCUT2D eigenvalue weighted by Crippen LogP contribution is 2.35. The van der Waals surface area contributed by atoms with Gasteiger partial charge in [0.05, 0.1) is 12.8 Å². The largest absolute Gasteiger partial charge is 0.481 e. The maximum Gasteiger partial charge on any atom is 0.306 e. The fourth-order valence-electron chi connectivity index (χ4n) is 3.35. The zero-order chi connectivity index (χ0) is 23.4. The lowest BCUT2D eigenvalue weighted by Gasteiger charge is -2.36. The lowest BCUT2D eigenvalue weighted by Crippen LogP contribution is -2.36. The number of rotatable bonds is 8. The predicted octanol–water partition coefficient (Wildman–Crippen LogP) is 2.80. The van der Waals surface area contributed by atoms with Gasteiger partial charge in [-0.25, -0.2) is 0 Å². The van der Waals surface area contributed by atoms with Gasteiger partial charge in [-0.1, -0.05) is 27.2 Å². The monoisotopic (exact) mass is 428 g/mol. The Bertz CT molecular complexity index is 574. The van der Waals surface area contributed by atoms with E-state index < -0.39 is 5.97 Å². The summed E-state index contributed by atoms with van der Waals surface area (Å²) < 4.78 is 5.66. The molecule has 0 radical (unpaired) electrons. The third-order valence-corrected chi connectivity index (χ3v) is 5.34. The van der Waals surface area contributed by atoms with Gasteiger partial charge in [-0.2, -0.15) is 0 Å². The molecule has 0 aliphatic heterocycles. The molecular formula is C22H40N2O6. The van der Waals surface area contributed by atoms with Crippen molar-refractivity contribution in [3.05, 3.63) is 0 Å². The normalized spacial score (nSPS) is 20.6. The summed E-state index contributed by atoms with van der Waals surface area (Å²) in [6.07, 6.45) is 3.76. The van der Waals surface area contributed by atoms with E-state index in [1.165, 1.54) is 16.2 Å². The molecule has 174 valence electrons. The van der Waals surface area contributed by atoms with E-state index in [2.05, 4.69) is 20.8 Å². The average molecular weight is 429 g/mol. The molecule has 1 aliphatic rings. The first-order chi connectivity index (χ1) is 13.8. The van der Waals surface area contributed by atoms with Crippen LogP contribution in [-0.4, -0.2) is 73.0 Å². The number of carboxylic acids is 1. The molecule has 1 rings (SSSR count). The number of nitrogens with zero attached hydrogens (tertiary/aromatic N) is 2. The Hall–Kier alpha value is -2.12. The average Bonchev–Trinajstić information content (AvgIpc) is 2.64. The summed E-state index contributed by atoms with van der Waals surface area (Å²) in [7, 11) is 6.60. The lowest BCUT2D eigenvalue weighted by molar-refractivity contribution is -0.157. The van der Waals surface area contributed by atoms with Gasteiger partial charge in [0.15, 0.2) is 0 Å². The quantitative estimate of drug-likeness (QED) is 0.596. The van der Waals surface area contributed by atoms with Crippen LogP contribution < -0.4 is 0 Å². The first-order valence-electron chi connectivity index (χ1n) is 10.7. The topological polar surface area (TPSA) is 104 Å². The molecule has 8 nitrogen and oxygen atoms in total. The maximum absolute atomic E-state index is 11.9. The maximum atomic E-state index is 11.9. The lowest BCUT2D eigenvalue weighted by atomic mass is 9.75. The van der Waals surface area contributed by atoms with Crippen molar-refractivity contribution in [1.82, 2.24) is 9.80 Å².